The molecule has 172 valence electrons. The van der Waals surface area contributed by atoms with Crippen LogP contribution in [0.2, 0.25) is 0 Å². The van der Waals surface area contributed by atoms with Gasteiger partial charge in [0.15, 0.2) is 11.5 Å². The second-order valence-electron chi connectivity index (χ2n) is 8.54. The Hall–Kier alpha value is -3.39. The minimum atomic E-state index is -0.477. The molecular formula is C25H26FN3O4. The maximum Gasteiger partial charge on any atom is 0.247 e. The number of carbonyl (C=O) groups is 2. The van der Waals surface area contributed by atoms with Gasteiger partial charge in [-0.3, -0.25) is 19.4 Å². The highest BCUT2D eigenvalue weighted by atomic mass is 19.1. The standard InChI is InChI=1S/C25H26FN3O4/c1-32-22-6-3-15(11-23(22)33-2)7-10-29-24(30)13-21(25(29)31)28-9-8-20-18(14-28)17-12-16(26)4-5-19(17)27-20/h3-6,11-12,21,27H,7-10,13-14H2,1-2H3/t21-/m1/s1. The topological polar surface area (TPSA) is 74.9 Å². The van der Waals surface area contributed by atoms with E-state index in [4.69, 9.17) is 9.47 Å². The molecule has 5 rings (SSSR count). The van der Waals surface area contributed by atoms with Gasteiger partial charge >= 0.3 is 0 Å². The van der Waals surface area contributed by atoms with Crippen LogP contribution in [-0.4, -0.2) is 59.9 Å². The maximum atomic E-state index is 13.8. The molecule has 0 aliphatic carbocycles. The number of rotatable bonds is 6. The third-order valence-corrected chi connectivity index (χ3v) is 6.70. The summed E-state index contributed by atoms with van der Waals surface area (Å²) in [5.41, 5.74) is 3.95. The molecule has 0 bridgehead atoms. The summed E-state index contributed by atoms with van der Waals surface area (Å²) >= 11 is 0. The lowest BCUT2D eigenvalue weighted by atomic mass is 10.0. The van der Waals surface area contributed by atoms with Gasteiger partial charge in [-0.05, 0) is 47.9 Å². The van der Waals surface area contributed by atoms with Crippen molar-refractivity contribution in [2.24, 2.45) is 0 Å². The number of carbonyl (C=O) groups excluding carboxylic acids is 2. The van der Waals surface area contributed by atoms with Crippen LogP contribution in [0.15, 0.2) is 36.4 Å². The number of nitrogens with one attached hydrogen (secondary N) is 1. The van der Waals surface area contributed by atoms with Gasteiger partial charge in [0.05, 0.1) is 26.7 Å². The average molecular weight is 451 g/mol. The number of nitrogens with zero attached hydrogens (tertiary/aromatic N) is 2. The Morgan fingerprint density at radius 2 is 1.91 bits per heavy atom. The van der Waals surface area contributed by atoms with E-state index in [2.05, 4.69) is 9.88 Å². The van der Waals surface area contributed by atoms with E-state index in [0.29, 0.717) is 37.6 Å². The predicted molar refractivity (Wildman–Crippen MR) is 121 cm³/mol. The van der Waals surface area contributed by atoms with E-state index in [1.807, 2.05) is 18.2 Å². The maximum absolute atomic E-state index is 13.8. The van der Waals surface area contributed by atoms with Crippen LogP contribution in [0.25, 0.3) is 10.9 Å². The molecule has 7 nitrogen and oxygen atoms in total. The Balaban J connectivity index is 1.29. The van der Waals surface area contributed by atoms with E-state index in [1.165, 1.54) is 17.0 Å². The zero-order chi connectivity index (χ0) is 23.1. The van der Waals surface area contributed by atoms with Crippen LogP contribution in [0.5, 0.6) is 11.5 Å². The summed E-state index contributed by atoms with van der Waals surface area (Å²) < 4.78 is 24.4. The number of H-pyrrole nitrogens is 1. The predicted octanol–water partition coefficient (Wildman–Crippen LogP) is 3.05. The molecule has 0 saturated carbocycles. The van der Waals surface area contributed by atoms with Gasteiger partial charge in [-0.1, -0.05) is 6.07 Å². The fraction of sp³-hybridized carbons (Fsp3) is 0.360. The quantitative estimate of drug-likeness (QED) is 0.583. The SMILES string of the molecule is COc1ccc(CCN2C(=O)C[C@@H](N3CCc4[nH]c5ccc(F)cc5c4C3)C2=O)cc1OC. The molecule has 2 aliphatic heterocycles. The van der Waals surface area contributed by atoms with Gasteiger partial charge in [0.2, 0.25) is 11.8 Å². The van der Waals surface area contributed by atoms with Crippen molar-refractivity contribution in [3.8, 4) is 11.5 Å². The first-order chi connectivity index (χ1) is 16.0. The van der Waals surface area contributed by atoms with E-state index < -0.39 is 6.04 Å². The largest absolute Gasteiger partial charge is 0.493 e. The van der Waals surface area contributed by atoms with Crippen molar-refractivity contribution in [3.63, 3.8) is 0 Å². The minimum absolute atomic E-state index is 0.152. The summed E-state index contributed by atoms with van der Waals surface area (Å²) in [5.74, 6) is 0.661. The smallest absolute Gasteiger partial charge is 0.247 e. The van der Waals surface area contributed by atoms with Crippen molar-refractivity contribution < 1.29 is 23.5 Å². The highest BCUT2D eigenvalue weighted by Crippen LogP contribution is 2.32. The second-order valence-corrected chi connectivity index (χ2v) is 8.54. The summed E-state index contributed by atoms with van der Waals surface area (Å²) in [6.07, 6.45) is 1.45. The van der Waals surface area contributed by atoms with Gasteiger partial charge in [-0.25, -0.2) is 4.39 Å². The van der Waals surface area contributed by atoms with Gasteiger partial charge in [0.25, 0.3) is 0 Å². The number of amides is 2. The van der Waals surface area contributed by atoms with Crippen molar-refractivity contribution in [1.82, 2.24) is 14.8 Å². The van der Waals surface area contributed by atoms with Crippen LogP contribution in [0, 0.1) is 5.82 Å². The third-order valence-electron chi connectivity index (χ3n) is 6.70. The van der Waals surface area contributed by atoms with E-state index in [1.54, 1.807) is 20.3 Å². The van der Waals surface area contributed by atoms with Crippen molar-refractivity contribution in [3.05, 3.63) is 59.0 Å². The lowest BCUT2D eigenvalue weighted by molar-refractivity contribution is -0.139. The number of imide groups is 1. The van der Waals surface area contributed by atoms with Crippen LogP contribution in [0.3, 0.4) is 0 Å². The van der Waals surface area contributed by atoms with Crippen LogP contribution < -0.4 is 9.47 Å². The number of likely N-dealkylation sites (tertiary alicyclic amines) is 1. The number of benzene rings is 2. The monoisotopic (exact) mass is 451 g/mol. The van der Waals surface area contributed by atoms with Crippen molar-refractivity contribution in [2.45, 2.75) is 31.8 Å². The molecule has 1 atom stereocenters. The molecule has 1 N–H and O–H groups in total. The Morgan fingerprint density at radius 1 is 1.09 bits per heavy atom. The fourth-order valence-electron chi connectivity index (χ4n) is 4.94. The number of methoxy groups -OCH3 is 2. The fourth-order valence-corrected chi connectivity index (χ4v) is 4.94. The lowest BCUT2D eigenvalue weighted by Gasteiger charge is -2.31. The summed E-state index contributed by atoms with van der Waals surface area (Å²) in [6, 6.07) is 9.83. The van der Waals surface area contributed by atoms with Gasteiger partial charge < -0.3 is 14.5 Å². The van der Waals surface area contributed by atoms with Gasteiger partial charge in [0.1, 0.15) is 5.82 Å². The first-order valence-electron chi connectivity index (χ1n) is 11.1. The Morgan fingerprint density at radius 3 is 2.70 bits per heavy atom. The first kappa shape index (κ1) is 21.5. The number of aromatic amines is 1. The van der Waals surface area contributed by atoms with Crippen LogP contribution in [-0.2, 0) is 29.0 Å². The molecule has 2 amide bonds. The van der Waals surface area contributed by atoms with Crippen LogP contribution >= 0.6 is 0 Å². The lowest BCUT2D eigenvalue weighted by Crippen LogP contribution is -2.44. The number of hydrogen-bond acceptors (Lipinski definition) is 5. The Bertz CT molecular complexity index is 1240. The zero-order valence-corrected chi connectivity index (χ0v) is 18.7. The normalized spacial score (nSPS) is 18.8. The molecule has 3 heterocycles. The van der Waals surface area contributed by atoms with E-state index in [-0.39, 0.29) is 24.1 Å². The van der Waals surface area contributed by atoms with Gasteiger partial charge in [-0.15, -0.1) is 0 Å². The van der Waals surface area contributed by atoms with E-state index >= 15 is 0 Å². The highest BCUT2D eigenvalue weighted by molar-refractivity contribution is 6.05. The number of ether oxygens (including phenoxy) is 2. The number of aromatic nitrogens is 1. The summed E-state index contributed by atoms with van der Waals surface area (Å²) in [7, 11) is 3.15. The van der Waals surface area contributed by atoms with E-state index in [0.717, 1.165) is 34.1 Å². The van der Waals surface area contributed by atoms with Crippen molar-refractivity contribution >= 4 is 22.7 Å². The summed E-state index contributed by atoms with van der Waals surface area (Å²) in [6.45, 7) is 1.52. The van der Waals surface area contributed by atoms with Crippen LogP contribution in [0.4, 0.5) is 4.39 Å². The summed E-state index contributed by atoms with van der Waals surface area (Å²) in [5, 5.41) is 0.844. The zero-order valence-electron chi connectivity index (χ0n) is 18.7. The molecule has 0 spiro atoms. The minimum Gasteiger partial charge on any atom is -0.493 e. The van der Waals surface area contributed by atoms with Gasteiger partial charge in [-0.2, -0.15) is 0 Å². The number of halogens is 1. The molecule has 8 heteroatoms. The molecule has 0 unspecified atom stereocenters. The molecule has 1 aromatic heterocycles. The second kappa shape index (κ2) is 8.51. The third kappa shape index (κ3) is 3.84. The average Bonchev–Trinajstić information content (AvgIpc) is 3.33. The van der Waals surface area contributed by atoms with Crippen molar-refractivity contribution in [2.75, 3.05) is 27.3 Å². The van der Waals surface area contributed by atoms with Gasteiger partial charge in [0, 0.05) is 42.7 Å². The number of fused-ring (bicyclic) bond motifs is 3. The molecule has 3 aromatic rings. The molecule has 1 saturated heterocycles. The number of hydrogen-bond donors (Lipinski definition) is 1. The molecule has 33 heavy (non-hydrogen) atoms. The van der Waals surface area contributed by atoms with E-state index in [9.17, 15) is 14.0 Å². The molecule has 0 radical (unpaired) electrons. The molecule has 2 aliphatic rings. The first-order valence-corrected chi connectivity index (χ1v) is 11.1. The molecular weight excluding hydrogens is 425 g/mol. The molecule has 1 fully saturated rings. The Kier molecular flexibility index (Phi) is 5.54. The molecule has 2 aromatic carbocycles. The summed E-state index contributed by atoms with van der Waals surface area (Å²) in [4.78, 5) is 32.7. The highest BCUT2D eigenvalue weighted by Gasteiger charge is 2.42. The Labute approximate surface area is 191 Å². The van der Waals surface area contributed by atoms with Crippen LogP contribution in [0.1, 0.15) is 23.2 Å². The van der Waals surface area contributed by atoms with Crippen molar-refractivity contribution in [1.29, 1.82) is 0 Å².